The molecule has 2 N–H and O–H groups in total. The molecule has 0 aliphatic heterocycles. The largest absolute Gasteiger partial charge is 0.400 e. The van der Waals surface area contributed by atoms with Crippen molar-refractivity contribution in [3.63, 3.8) is 0 Å². The van der Waals surface area contributed by atoms with E-state index in [2.05, 4.69) is 0 Å². The minimum absolute atomic E-state index is 0. The van der Waals surface area contributed by atoms with Crippen molar-refractivity contribution < 1.29 is 14.6 Å². The van der Waals surface area contributed by atoms with Crippen LogP contribution in [0.25, 0.3) is 0 Å². The van der Waals surface area contributed by atoms with Crippen molar-refractivity contribution >= 4 is 0 Å². The zero-order valence-corrected chi connectivity index (χ0v) is 10.1. The molecular weight excluding hydrogens is 342 g/mol. The summed E-state index contributed by atoms with van der Waals surface area (Å²) in [4.78, 5) is 0. The summed E-state index contributed by atoms with van der Waals surface area (Å²) >= 11 is 0. The van der Waals surface area contributed by atoms with Gasteiger partial charge in [-0.05, 0) is 0 Å². The molecule has 6 heavy (non-hydrogen) atoms. The van der Waals surface area contributed by atoms with Gasteiger partial charge in [0.1, 0.15) is 0 Å². The normalized spacial score (nSPS) is 4.00. The summed E-state index contributed by atoms with van der Waals surface area (Å²) < 4.78 is 9.85. The summed E-state index contributed by atoms with van der Waals surface area (Å²) in [6.45, 7) is -1.25. The minimum atomic E-state index is -1.25. The number of aliphatic hydroxyl groups is 2. The van der Waals surface area contributed by atoms with Gasteiger partial charge in [-0.2, -0.15) is 0 Å². The van der Waals surface area contributed by atoms with Crippen molar-refractivity contribution in [2.24, 2.45) is 0 Å². The fraction of sp³-hybridized carbons (Fsp3) is 1.00. The molecule has 4 heteroatoms. The second-order valence-corrected chi connectivity index (χ2v) is 0.120. The molecule has 0 unspecified atom stereocenters. The molecule has 0 saturated heterocycles. The molecule has 0 bridgehead atoms. The number of halogens is 1. The van der Waals surface area contributed by atoms with Crippen molar-refractivity contribution in [1.82, 2.24) is 0 Å². The van der Waals surface area contributed by atoms with E-state index in [4.69, 9.17) is 10.2 Å². The van der Waals surface area contributed by atoms with Crippen LogP contribution in [0.2, 0.25) is 0 Å². The molecule has 0 aliphatic carbocycles. The first-order valence-electron chi connectivity index (χ1n) is 1.03. The monoisotopic (exact) mass is 349 g/mol. The van der Waals surface area contributed by atoms with Crippen LogP contribution in [0.5, 0.6) is 0 Å². The van der Waals surface area contributed by atoms with Gasteiger partial charge in [-0.25, -0.2) is 4.39 Å². The van der Waals surface area contributed by atoms with E-state index < -0.39 is 6.86 Å². The van der Waals surface area contributed by atoms with E-state index >= 15 is 0 Å². The van der Waals surface area contributed by atoms with Crippen molar-refractivity contribution in [3.8, 4) is 0 Å². The Kier molecular flexibility index (Phi) is 4870. The second kappa shape index (κ2) is 1390. The summed E-state index contributed by atoms with van der Waals surface area (Å²) in [7, 11) is 1.00. The Bertz CT molecular complexity index is 11.5. The van der Waals surface area contributed by atoms with E-state index in [-0.39, 0.29) is 0 Å². The number of alkyl halides is 1. The minimum Gasteiger partial charge on any atom is -0.400 e. The summed E-state index contributed by atoms with van der Waals surface area (Å²) in [5, 5.41) is 13.9. The van der Waals surface area contributed by atoms with Crippen LogP contribution < -0.4 is 0 Å². The Morgan fingerprint density at radius 2 is 1.50 bits per heavy atom. The van der Waals surface area contributed by atoms with Gasteiger partial charge in [0.2, 0.25) is 0 Å². The van der Waals surface area contributed by atoms with Gasteiger partial charge >= 0.3 is 0 Å². The van der Waals surface area contributed by atoms with Gasteiger partial charge in [-0.15, -0.1) is 0 Å². The van der Waals surface area contributed by atoms with Crippen molar-refractivity contribution in [2.75, 3.05) is 14.0 Å². The molecular formula is C2H7FO2Rf. The van der Waals surface area contributed by atoms with E-state index in [1.165, 1.54) is 0 Å². The number of aliphatic hydroxyl groups excluding tert-OH is 2. The van der Waals surface area contributed by atoms with Crippen LogP contribution >= 0.6 is 0 Å². The molecule has 0 aliphatic rings. The van der Waals surface area contributed by atoms with Gasteiger partial charge in [0.15, 0.2) is 6.86 Å². The van der Waals surface area contributed by atoms with E-state index in [0.717, 1.165) is 7.11 Å². The molecule has 0 atom stereocenters. The van der Waals surface area contributed by atoms with Crippen molar-refractivity contribution in [1.29, 1.82) is 0 Å². The van der Waals surface area contributed by atoms with Gasteiger partial charge in [-0.3, -0.25) is 0 Å². The van der Waals surface area contributed by atoms with E-state index in [9.17, 15) is 4.39 Å². The van der Waals surface area contributed by atoms with Gasteiger partial charge in [-0.1, -0.05) is 0 Å². The average molecular weight is 349 g/mol. The topological polar surface area (TPSA) is 40.5 Å². The maximum absolute atomic E-state index is 9.85. The zero-order valence-electron chi connectivity index (χ0n) is 3.69. The number of hydrogen-bond acceptors (Lipinski definition) is 2. The molecule has 0 spiro atoms. The first kappa shape index (κ1) is 21.0. The van der Waals surface area contributed by atoms with Crippen molar-refractivity contribution in [2.45, 2.75) is 0 Å². The van der Waals surface area contributed by atoms with E-state index in [1.807, 2.05) is 0 Å². The van der Waals surface area contributed by atoms with Crippen LogP contribution in [0.1, 0.15) is 0 Å². The fourth-order valence-corrected chi connectivity index (χ4v) is 0. The predicted molar refractivity (Wildman–Crippen MR) is 16.3 cm³/mol. The SMILES string of the molecule is CO.OCF.[Rf]. The molecule has 36 valence electrons. The first-order chi connectivity index (χ1) is 2.41. The predicted octanol–water partition coefficient (Wildman–Crippen LogP) is -0.486. The molecule has 0 aromatic heterocycles. The second-order valence-electron chi connectivity index (χ2n) is 0.120. The molecule has 0 aromatic rings. The van der Waals surface area contributed by atoms with Gasteiger partial charge in [0.25, 0.3) is 0 Å². The Morgan fingerprint density at radius 1 is 1.50 bits per heavy atom. The maximum Gasteiger partial charge on any atom is 0.185 e. The van der Waals surface area contributed by atoms with Crippen molar-refractivity contribution in [3.05, 3.63) is 0 Å². The van der Waals surface area contributed by atoms with E-state index in [1.54, 1.807) is 0 Å². The zero-order chi connectivity index (χ0) is 4.71. The van der Waals surface area contributed by atoms with Crippen LogP contribution in [0.4, 0.5) is 4.39 Å². The third-order valence-corrected chi connectivity index (χ3v) is 0. The third-order valence-electron chi connectivity index (χ3n) is 0. The van der Waals surface area contributed by atoms with Gasteiger partial charge < -0.3 is 10.2 Å². The Hall–Kier alpha value is -1.15. The molecule has 0 saturated carbocycles. The van der Waals surface area contributed by atoms with Gasteiger partial charge in [0.05, 0.1) is 0 Å². The summed E-state index contributed by atoms with van der Waals surface area (Å²) in [5.41, 5.74) is 0. The smallest absolute Gasteiger partial charge is 0.185 e. The Balaban J connectivity index is -0.0000000275. The number of hydrogen-bond donors (Lipinski definition) is 2. The van der Waals surface area contributed by atoms with Crippen LogP contribution in [0, 0.1) is 0 Å². The number of rotatable bonds is 0. The summed E-state index contributed by atoms with van der Waals surface area (Å²) in [6.07, 6.45) is 0. The maximum atomic E-state index is 9.85. The Morgan fingerprint density at radius 3 is 1.50 bits per heavy atom. The molecule has 0 radical (unpaired) electrons. The van der Waals surface area contributed by atoms with Crippen LogP contribution in [0.15, 0.2) is 0 Å². The van der Waals surface area contributed by atoms with Gasteiger partial charge in [0, 0.05) is 7.11 Å². The molecule has 0 fully saturated rings. The third kappa shape index (κ3) is 7.38. The molecule has 0 heterocycles. The molecule has 2 nitrogen and oxygen atoms in total. The van der Waals surface area contributed by atoms with Crippen LogP contribution in [-0.4, -0.2) is 24.2 Å². The quantitative estimate of drug-likeness (QED) is 0.620. The molecule has 0 amide bonds. The Labute approximate surface area is 29.9 Å². The molecule has 0 aromatic carbocycles. The first-order valence-corrected chi connectivity index (χ1v) is 1.03. The molecule has 0 rings (SSSR count). The average Bonchev–Trinajstić information content (AvgIpc) is 1.46. The summed E-state index contributed by atoms with van der Waals surface area (Å²) in [6, 6.07) is 0. The fourth-order valence-electron chi connectivity index (χ4n) is 0. The standard InChI is InChI=1S/CH3FO.CH4O.Rf/c2-1-3;1-2;/h3H,1H2;2H,1H3;. The van der Waals surface area contributed by atoms with Crippen LogP contribution in [-0.2, 0) is 0 Å². The summed E-state index contributed by atoms with van der Waals surface area (Å²) in [5.74, 6) is 0. The van der Waals surface area contributed by atoms with E-state index in [0.29, 0.717) is 0 Å². The van der Waals surface area contributed by atoms with Crippen LogP contribution in [0.3, 0.4) is 0 Å².